The van der Waals surface area contributed by atoms with Crippen LogP contribution >= 0.6 is 0 Å². The normalized spacial score (nSPS) is 20.7. The van der Waals surface area contributed by atoms with Gasteiger partial charge in [-0.3, -0.25) is 9.59 Å². The first kappa shape index (κ1) is 22.7. The highest BCUT2D eigenvalue weighted by Gasteiger charge is 2.45. The number of imidazole rings is 1. The van der Waals surface area contributed by atoms with Crippen molar-refractivity contribution >= 4 is 17.4 Å². The van der Waals surface area contributed by atoms with Gasteiger partial charge in [-0.15, -0.1) is 0 Å². The number of fused-ring (bicyclic) bond motifs is 1. The number of Topliss-reactive ketones (excluding diaryl/α,β-unsaturated/α-hetero) is 1. The largest absolute Gasteiger partial charge is 0.507 e. The molecule has 1 aromatic heterocycles. The number of nitrogens with zero attached hydrogens (tertiary/aromatic N) is 3. The lowest BCUT2D eigenvalue weighted by Gasteiger charge is -2.25. The Kier molecular flexibility index (Phi) is 6.03. The molecule has 1 amide bonds. The standard InChI is InChI=1S/C27H27N3O5/c1-17-14-20-15-19(6-9-22(20)35-17)25(31)23-24(18-4-7-21(34-2)8-5-18)30(27(33)26(23)32)12-3-11-29-13-10-28-16-29/h4-10,13,15-17,24,31H,3,11-12,14H2,1-2H3. The van der Waals surface area contributed by atoms with Crippen LogP contribution in [0.4, 0.5) is 0 Å². The van der Waals surface area contributed by atoms with Crippen molar-refractivity contribution in [1.82, 2.24) is 14.5 Å². The van der Waals surface area contributed by atoms with Crippen LogP contribution in [0, 0.1) is 0 Å². The third-order valence-corrected chi connectivity index (χ3v) is 6.52. The number of aliphatic hydroxyl groups is 1. The molecule has 3 heterocycles. The van der Waals surface area contributed by atoms with E-state index in [1.165, 1.54) is 0 Å². The Morgan fingerprint density at radius 3 is 2.69 bits per heavy atom. The first-order valence-corrected chi connectivity index (χ1v) is 11.6. The van der Waals surface area contributed by atoms with Gasteiger partial charge in [0.2, 0.25) is 0 Å². The number of rotatable bonds is 7. The summed E-state index contributed by atoms with van der Waals surface area (Å²) in [7, 11) is 1.58. The second-order valence-electron chi connectivity index (χ2n) is 8.87. The minimum atomic E-state index is -0.702. The number of aryl methyl sites for hydroxylation is 1. The van der Waals surface area contributed by atoms with Crippen LogP contribution in [-0.4, -0.2) is 51.0 Å². The molecule has 8 nitrogen and oxygen atoms in total. The molecule has 3 aromatic rings. The van der Waals surface area contributed by atoms with Crippen LogP contribution in [0.15, 0.2) is 66.8 Å². The Morgan fingerprint density at radius 2 is 1.97 bits per heavy atom. The van der Waals surface area contributed by atoms with Gasteiger partial charge in [-0.1, -0.05) is 12.1 Å². The lowest BCUT2D eigenvalue weighted by molar-refractivity contribution is -0.139. The van der Waals surface area contributed by atoms with Gasteiger partial charge < -0.3 is 24.0 Å². The van der Waals surface area contributed by atoms with Crippen LogP contribution in [0.1, 0.15) is 36.1 Å². The minimum Gasteiger partial charge on any atom is -0.507 e. The molecule has 0 aliphatic carbocycles. The average Bonchev–Trinajstić information content (AvgIpc) is 3.57. The summed E-state index contributed by atoms with van der Waals surface area (Å²) in [5, 5.41) is 11.3. The lowest BCUT2D eigenvalue weighted by atomic mass is 9.94. The van der Waals surface area contributed by atoms with Gasteiger partial charge in [0.15, 0.2) is 0 Å². The SMILES string of the molecule is COc1ccc(C2C(=C(O)c3ccc4c(c3)CC(C)O4)C(=O)C(=O)N2CCCn2ccnc2)cc1. The Hall–Kier alpha value is -4.07. The number of ketones is 1. The number of amides is 1. The summed E-state index contributed by atoms with van der Waals surface area (Å²) in [6, 6.07) is 11.9. The average molecular weight is 474 g/mol. The molecule has 1 fully saturated rings. The molecule has 0 spiro atoms. The van der Waals surface area contributed by atoms with E-state index in [9.17, 15) is 14.7 Å². The van der Waals surface area contributed by atoms with Crippen molar-refractivity contribution in [2.75, 3.05) is 13.7 Å². The van der Waals surface area contributed by atoms with E-state index in [-0.39, 0.29) is 17.4 Å². The molecule has 1 N–H and O–H groups in total. The number of aromatic nitrogens is 2. The Labute approximate surface area is 203 Å². The van der Waals surface area contributed by atoms with E-state index in [4.69, 9.17) is 9.47 Å². The van der Waals surface area contributed by atoms with Gasteiger partial charge in [-0.2, -0.15) is 0 Å². The first-order valence-electron chi connectivity index (χ1n) is 11.6. The third-order valence-electron chi connectivity index (χ3n) is 6.52. The van der Waals surface area contributed by atoms with Gasteiger partial charge in [0.25, 0.3) is 11.7 Å². The Morgan fingerprint density at radius 1 is 1.17 bits per heavy atom. The predicted octanol–water partition coefficient (Wildman–Crippen LogP) is 3.73. The van der Waals surface area contributed by atoms with Crippen molar-refractivity contribution in [3.8, 4) is 11.5 Å². The molecule has 0 bridgehead atoms. The fourth-order valence-electron chi connectivity index (χ4n) is 4.81. The minimum absolute atomic E-state index is 0.0581. The van der Waals surface area contributed by atoms with Gasteiger partial charge in [0.1, 0.15) is 23.4 Å². The summed E-state index contributed by atoms with van der Waals surface area (Å²) < 4.78 is 13.0. The fraction of sp³-hybridized carbons (Fsp3) is 0.296. The number of aliphatic hydroxyl groups excluding tert-OH is 1. The van der Waals surface area contributed by atoms with Crippen LogP contribution in [0.3, 0.4) is 0 Å². The van der Waals surface area contributed by atoms with E-state index in [1.807, 2.05) is 35.9 Å². The number of carbonyl (C=O) groups excluding carboxylic acids is 2. The molecule has 2 atom stereocenters. The zero-order valence-corrected chi connectivity index (χ0v) is 19.7. The number of ether oxygens (including phenoxy) is 2. The maximum atomic E-state index is 13.2. The van der Waals surface area contributed by atoms with E-state index >= 15 is 0 Å². The molecule has 1 saturated heterocycles. The van der Waals surface area contributed by atoms with Gasteiger partial charge >= 0.3 is 0 Å². The number of hydrogen-bond donors (Lipinski definition) is 1. The number of likely N-dealkylation sites (tertiary alicyclic amines) is 1. The first-order chi connectivity index (χ1) is 17.0. The van der Waals surface area contributed by atoms with Crippen LogP contribution in [-0.2, 0) is 22.6 Å². The van der Waals surface area contributed by atoms with Crippen molar-refractivity contribution < 1.29 is 24.2 Å². The quantitative estimate of drug-likeness (QED) is 0.319. The summed E-state index contributed by atoms with van der Waals surface area (Å²) in [5.41, 5.74) is 2.29. The van der Waals surface area contributed by atoms with E-state index in [2.05, 4.69) is 4.98 Å². The summed E-state index contributed by atoms with van der Waals surface area (Å²) in [5.74, 6) is -0.0323. The van der Waals surface area contributed by atoms with E-state index in [0.717, 1.165) is 23.3 Å². The molecule has 8 heteroatoms. The third kappa shape index (κ3) is 4.27. The summed E-state index contributed by atoms with van der Waals surface area (Å²) in [6.07, 6.45) is 6.68. The molecule has 180 valence electrons. The van der Waals surface area contributed by atoms with Gasteiger partial charge in [0.05, 0.1) is 25.1 Å². The van der Waals surface area contributed by atoms with Gasteiger partial charge in [-0.25, -0.2) is 4.98 Å². The zero-order chi connectivity index (χ0) is 24.5. The van der Waals surface area contributed by atoms with E-state index < -0.39 is 17.7 Å². The van der Waals surface area contributed by atoms with Gasteiger partial charge in [0, 0.05) is 37.5 Å². The summed E-state index contributed by atoms with van der Waals surface area (Å²) in [4.78, 5) is 32.0. The zero-order valence-electron chi connectivity index (χ0n) is 19.7. The maximum Gasteiger partial charge on any atom is 0.295 e. The predicted molar refractivity (Wildman–Crippen MR) is 129 cm³/mol. The highest BCUT2D eigenvalue weighted by molar-refractivity contribution is 6.46. The highest BCUT2D eigenvalue weighted by atomic mass is 16.5. The monoisotopic (exact) mass is 473 g/mol. The van der Waals surface area contributed by atoms with Crippen LogP contribution < -0.4 is 9.47 Å². The Bertz CT molecular complexity index is 1280. The summed E-state index contributed by atoms with van der Waals surface area (Å²) >= 11 is 0. The molecule has 0 radical (unpaired) electrons. The molecule has 0 saturated carbocycles. The van der Waals surface area contributed by atoms with Crippen LogP contribution in [0.2, 0.25) is 0 Å². The van der Waals surface area contributed by atoms with Crippen molar-refractivity contribution in [2.45, 2.75) is 38.5 Å². The molecule has 2 aromatic carbocycles. The number of hydrogen-bond acceptors (Lipinski definition) is 6. The Balaban J connectivity index is 1.53. The highest BCUT2D eigenvalue weighted by Crippen LogP contribution is 2.41. The topological polar surface area (TPSA) is 93.9 Å². The maximum absolute atomic E-state index is 13.2. The molecular formula is C27H27N3O5. The van der Waals surface area contributed by atoms with Crippen molar-refractivity contribution in [3.63, 3.8) is 0 Å². The number of carbonyl (C=O) groups is 2. The fourth-order valence-corrected chi connectivity index (χ4v) is 4.81. The summed E-state index contributed by atoms with van der Waals surface area (Å²) in [6.45, 7) is 2.99. The second kappa shape index (κ2) is 9.29. The molecule has 2 unspecified atom stereocenters. The lowest BCUT2D eigenvalue weighted by Crippen LogP contribution is -2.31. The van der Waals surface area contributed by atoms with Crippen molar-refractivity contribution in [1.29, 1.82) is 0 Å². The van der Waals surface area contributed by atoms with Crippen molar-refractivity contribution in [3.05, 3.63) is 83.4 Å². The van der Waals surface area contributed by atoms with Crippen molar-refractivity contribution in [2.24, 2.45) is 0 Å². The number of methoxy groups -OCH3 is 1. The van der Waals surface area contributed by atoms with Crippen LogP contribution in [0.25, 0.3) is 5.76 Å². The van der Waals surface area contributed by atoms with Gasteiger partial charge in [-0.05, 0) is 54.8 Å². The number of benzene rings is 2. The molecule has 5 rings (SSSR count). The molecule has 2 aliphatic heterocycles. The van der Waals surface area contributed by atoms with E-state index in [1.54, 1.807) is 48.8 Å². The smallest absolute Gasteiger partial charge is 0.295 e. The molecule has 2 aliphatic rings. The van der Waals surface area contributed by atoms with Crippen LogP contribution in [0.5, 0.6) is 11.5 Å². The van der Waals surface area contributed by atoms with E-state index in [0.29, 0.717) is 30.8 Å². The molecular weight excluding hydrogens is 446 g/mol. The molecule has 35 heavy (non-hydrogen) atoms. The second-order valence-corrected chi connectivity index (χ2v) is 8.87.